The number of esters is 1. The van der Waals surface area contributed by atoms with Gasteiger partial charge >= 0.3 is 12.0 Å². The fourth-order valence-electron chi connectivity index (χ4n) is 3.22. The van der Waals surface area contributed by atoms with Gasteiger partial charge < -0.3 is 15.4 Å². The van der Waals surface area contributed by atoms with E-state index < -0.39 is 30.0 Å². The molecule has 8 nitrogen and oxygen atoms in total. The minimum Gasteiger partial charge on any atom is -0.462 e. The summed E-state index contributed by atoms with van der Waals surface area (Å²) in [5.74, 6) is -1.45. The van der Waals surface area contributed by atoms with E-state index in [1.807, 2.05) is 13.8 Å². The summed E-state index contributed by atoms with van der Waals surface area (Å²) < 4.78 is 4.94. The highest BCUT2D eigenvalue weighted by Crippen LogP contribution is 2.28. The number of nitrogens with zero attached hydrogens (tertiary/aromatic N) is 1. The average molecular weight is 395 g/mol. The van der Waals surface area contributed by atoms with Gasteiger partial charge in [-0.05, 0) is 31.2 Å². The number of thiophene rings is 1. The number of rotatable bonds is 9. The Morgan fingerprint density at radius 3 is 2.48 bits per heavy atom. The van der Waals surface area contributed by atoms with Crippen LogP contribution in [0.15, 0.2) is 11.4 Å². The standard InChI is InChI=1S/C18H25N3O5S/c1-4-8-18(9-5-2)16(24)21(17(25)20-18)11-13(22)19-14-12(7-10-27-14)15(23)26-6-3/h7,10H,4-6,8-9,11H2,1-3H3,(H,19,22)(H,20,25). The molecule has 9 heteroatoms. The van der Waals surface area contributed by atoms with Crippen molar-refractivity contribution < 1.29 is 23.9 Å². The number of carbonyl (C=O) groups is 4. The number of carbonyl (C=O) groups excluding carboxylic acids is 4. The number of ether oxygens (including phenoxy) is 1. The molecule has 1 aromatic heterocycles. The van der Waals surface area contributed by atoms with Crippen molar-refractivity contribution in [3.05, 3.63) is 17.0 Å². The van der Waals surface area contributed by atoms with Crippen molar-refractivity contribution in [2.45, 2.75) is 52.0 Å². The van der Waals surface area contributed by atoms with E-state index in [-0.39, 0.29) is 18.1 Å². The van der Waals surface area contributed by atoms with Gasteiger partial charge in [-0.2, -0.15) is 0 Å². The van der Waals surface area contributed by atoms with Crippen LogP contribution in [-0.2, 0) is 14.3 Å². The fraction of sp³-hybridized carbons (Fsp3) is 0.556. The molecular weight excluding hydrogens is 370 g/mol. The van der Waals surface area contributed by atoms with Gasteiger partial charge in [0.05, 0.1) is 12.2 Å². The third-order valence-corrected chi connectivity index (χ3v) is 5.14. The van der Waals surface area contributed by atoms with Gasteiger partial charge in [-0.25, -0.2) is 9.59 Å². The number of amides is 4. The summed E-state index contributed by atoms with van der Waals surface area (Å²) in [6, 6.07) is 0.994. The Morgan fingerprint density at radius 1 is 1.22 bits per heavy atom. The number of urea groups is 1. The third kappa shape index (κ3) is 4.47. The van der Waals surface area contributed by atoms with Crippen LogP contribution in [0.5, 0.6) is 0 Å². The fourth-order valence-corrected chi connectivity index (χ4v) is 4.01. The molecule has 0 unspecified atom stereocenters. The topological polar surface area (TPSA) is 105 Å². The lowest BCUT2D eigenvalue weighted by Gasteiger charge is -2.25. The molecule has 0 bridgehead atoms. The SMILES string of the molecule is CCCC1(CCC)NC(=O)N(CC(=O)Nc2sccc2C(=O)OCC)C1=O. The highest BCUT2D eigenvalue weighted by Gasteiger charge is 2.50. The number of hydrogen-bond donors (Lipinski definition) is 2. The molecule has 1 aliphatic rings. The molecule has 1 aliphatic heterocycles. The smallest absolute Gasteiger partial charge is 0.341 e. The van der Waals surface area contributed by atoms with Gasteiger partial charge in [-0.3, -0.25) is 14.5 Å². The maximum atomic E-state index is 12.8. The van der Waals surface area contributed by atoms with Crippen molar-refractivity contribution in [3.8, 4) is 0 Å². The second kappa shape index (κ2) is 8.98. The van der Waals surface area contributed by atoms with Gasteiger partial charge in [0.15, 0.2) is 0 Å². The van der Waals surface area contributed by atoms with Gasteiger partial charge in [0.2, 0.25) is 5.91 Å². The Kier molecular flexibility index (Phi) is 6.95. The van der Waals surface area contributed by atoms with Crippen LogP contribution in [0.2, 0.25) is 0 Å². The van der Waals surface area contributed by atoms with Crippen LogP contribution in [0.3, 0.4) is 0 Å². The molecule has 0 radical (unpaired) electrons. The predicted octanol–water partition coefficient (Wildman–Crippen LogP) is 2.75. The first-order valence-corrected chi connectivity index (χ1v) is 9.95. The number of nitrogens with one attached hydrogen (secondary N) is 2. The van der Waals surface area contributed by atoms with Crippen LogP contribution < -0.4 is 10.6 Å². The molecule has 0 spiro atoms. The molecule has 2 heterocycles. The van der Waals surface area contributed by atoms with E-state index in [4.69, 9.17) is 4.74 Å². The van der Waals surface area contributed by atoms with Crippen LogP contribution in [0.4, 0.5) is 9.80 Å². The van der Waals surface area contributed by atoms with Crippen molar-refractivity contribution in [2.75, 3.05) is 18.5 Å². The molecule has 1 saturated heterocycles. The summed E-state index contributed by atoms with van der Waals surface area (Å²) in [5.41, 5.74) is -0.682. The summed E-state index contributed by atoms with van der Waals surface area (Å²) in [6.07, 6.45) is 2.54. The van der Waals surface area contributed by atoms with E-state index in [0.29, 0.717) is 17.8 Å². The summed E-state index contributed by atoms with van der Waals surface area (Å²) in [7, 11) is 0. The monoisotopic (exact) mass is 395 g/mol. The van der Waals surface area contributed by atoms with E-state index in [2.05, 4.69) is 10.6 Å². The van der Waals surface area contributed by atoms with Crippen molar-refractivity contribution in [3.63, 3.8) is 0 Å². The van der Waals surface area contributed by atoms with Crippen LogP contribution in [0, 0.1) is 0 Å². The molecular formula is C18H25N3O5S. The van der Waals surface area contributed by atoms with Crippen LogP contribution in [0.1, 0.15) is 56.8 Å². The summed E-state index contributed by atoms with van der Waals surface area (Å²) in [4.78, 5) is 50.3. The van der Waals surface area contributed by atoms with Crippen molar-refractivity contribution in [1.29, 1.82) is 0 Å². The first-order valence-electron chi connectivity index (χ1n) is 9.07. The largest absolute Gasteiger partial charge is 0.462 e. The van der Waals surface area contributed by atoms with Crippen molar-refractivity contribution >= 4 is 40.2 Å². The number of anilines is 1. The third-order valence-electron chi connectivity index (χ3n) is 4.31. The summed E-state index contributed by atoms with van der Waals surface area (Å²) in [5, 5.41) is 7.35. The van der Waals surface area contributed by atoms with Crippen molar-refractivity contribution in [2.24, 2.45) is 0 Å². The van der Waals surface area contributed by atoms with Gasteiger partial charge in [0.25, 0.3) is 5.91 Å². The second-order valence-corrected chi connectivity index (χ2v) is 7.25. The van der Waals surface area contributed by atoms with Crippen LogP contribution >= 0.6 is 11.3 Å². The normalized spacial score (nSPS) is 15.6. The van der Waals surface area contributed by atoms with E-state index in [1.165, 1.54) is 11.3 Å². The van der Waals surface area contributed by atoms with E-state index >= 15 is 0 Å². The van der Waals surface area contributed by atoms with Gasteiger partial charge in [0, 0.05) is 0 Å². The molecule has 0 aliphatic carbocycles. The molecule has 2 rings (SSSR count). The molecule has 0 atom stereocenters. The maximum Gasteiger partial charge on any atom is 0.341 e. The summed E-state index contributed by atoms with van der Waals surface area (Å²) >= 11 is 1.17. The zero-order valence-corrected chi connectivity index (χ0v) is 16.6. The highest BCUT2D eigenvalue weighted by atomic mass is 32.1. The first-order chi connectivity index (χ1) is 12.9. The Hall–Kier alpha value is -2.42. The Morgan fingerprint density at radius 2 is 1.89 bits per heavy atom. The second-order valence-electron chi connectivity index (χ2n) is 6.34. The summed E-state index contributed by atoms with van der Waals surface area (Å²) in [6.45, 7) is 5.40. The number of hydrogen-bond acceptors (Lipinski definition) is 6. The van der Waals surface area contributed by atoms with E-state index in [0.717, 1.165) is 17.7 Å². The Labute approximate surface area is 162 Å². The Balaban J connectivity index is 2.08. The van der Waals surface area contributed by atoms with Gasteiger partial charge in [-0.1, -0.05) is 26.7 Å². The minimum atomic E-state index is -0.931. The zero-order valence-electron chi connectivity index (χ0n) is 15.8. The van der Waals surface area contributed by atoms with Crippen LogP contribution in [0.25, 0.3) is 0 Å². The first kappa shape index (κ1) is 20.9. The molecule has 0 aromatic carbocycles. The predicted molar refractivity (Wildman–Crippen MR) is 102 cm³/mol. The molecule has 0 saturated carbocycles. The molecule has 1 fully saturated rings. The van der Waals surface area contributed by atoms with Crippen LogP contribution in [-0.4, -0.2) is 47.4 Å². The molecule has 4 amide bonds. The average Bonchev–Trinajstić information content (AvgIpc) is 3.15. The molecule has 1 aromatic rings. The lowest BCUT2D eigenvalue weighted by Crippen LogP contribution is -2.47. The molecule has 2 N–H and O–H groups in total. The minimum absolute atomic E-state index is 0.224. The van der Waals surface area contributed by atoms with Crippen molar-refractivity contribution in [1.82, 2.24) is 10.2 Å². The molecule has 148 valence electrons. The van der Waals surface area contributed by atoms with Gasteiger partial charge in [0.1, 0.15) is 17.1 Å². The quantitative estimate of drug-likeness (QED) is 0.494. The maximum absolute atomic E-state index is 12.8. The van der Waals surface area contributed by atoms with E-state index in [1.54, 1.807) is 18.4 Å². The van der Waals surface area contributed by atoms with Gasteiger partial charge in [-0.15, -0.1) is 11.3 Å². The molecule has 27 heavy (non-hydrogen) atoms. The lowest BCUT2D eigenvalue weighted by molar-refractivity contribution is -0.134. The highest BCUT2D eigenvalue weighted by molar-refractivity contribution is 7.14. The Bertz CT molecular complexity index is 724. The number of imide groups is 1. The lowest BCUT2D eigenvalue weighted by atomic mass is 9.88. The zero-order chi connectivity index (χ0) is 20.0. The van der Waals surface area contributed by atoms with E-state index in [9.17, 15) is 19.2 Å².